The van der Waals surface area contributed by atoms with Gasteiger partial charge in [-0.3, -0.25) is 9.78 Å². The lowest BCUT2D eigenvalue weighted by Gasteiger charge is -2.20. The van der Waals surface area contributed by atoms with E-state index >= 15 is 0 Å². The van der Waals surface area contributed by atoms with E-state index in [4.69, 9.17) is 19.2 Å². The highest BCUT2D eigenvalue weighted by atomic mass is 16.6. The number of hydrogen-bond acceptors (Lipinski definition) is 6. The average Bonchev–Trinajstić information content (AvgIpc) is 2.85. The Morgan fingerprint density at radius 2 is 1.82 bits per heavy atom. The van der Waals surface area contributed by atoms with Crippen LogP contribution in [0.4, 0.5) is 0 Å². The maximum atomic E-state index is 13.0. The fraction of sp³-hybridized carbons (Fsp3) is 0.346. The lowest BCUT2D eigenvalue weighted by Crippen LogP contribution is -2.30. The Kier molecular flexibility index (Phi) is 6.11. The summed E-state index contributed by atoms with van der Waals surface area (Å²) in [7, 11) is 0. The fourth-order valence-electron chi connectivity index (χ4n) is 4.45. The summed E-state index contributed by atoms with van der Waals surface area (Å²) in [4.78, 5) is 30.1. The van der Waals surface area contributed by atoms with E-state index in [0.717, 1.165) is 64.9 Å². The predicted octanol–water partition coefficient (Wildman–Crippen LogP) is 3.40. The zero-order valence-electron chi connectivity index (χ0n) is 18.4. The summed E-state index contributed by atoms with van der Waals surface area (Å²) >= 11 is 0. The van der Waals surface area contributed by atoms with Gasteiger partial charge in [0.05, 0.1) is 11.1 Å². The van der Waals surface area contributed by atoms with Gasteiger partial charge in [0.1, 0.15) is 13.2 Å². The van der Waals surface area contributed by atoms with Crippen molar-refractivity contribution in [1.29, 1.82) is 0 Å². The van der Waals surface area contributed by atoms with Crippen molar-refractivity contribution in [3.8, 4) is 11.5 Å². The van der Waals surface area contributed by atoms with E-state index in [1.54, 1.807) is 0 Å². The minimum Gasteiger partial charge on any atom is -0.486 e. The number of fused-ring (bicyclic) bond motifs is 3. The number of rotatable bonds is 6. The van der Waals surface area contributed by atoms with E-state index in [1.165, 1.54) is 0 Å². The van der Waals surface area contributed by atoms with Crippen LogP contribution >= 0.6 is 0 Å². The molecular weight excluding hydrogens is 420 g/mol. The topological polar surface area (TPSA) is 86.8 Å². The van der Waals surface area contributed by atoms with Crippen molar-refractivity contribution in [2.24, 2.45) is 0 Å². The van der Waals surface area contributed by atoms with E-state index in [0.29, 0.717) is 31.7 Å². The third-order valence-corrected chi connectivity index (χ3v) is 6.05. The van der Waals surface area contributed by atoms with Crippen LogP contribution in [-0.2, 0) is 28.8 Å². The SMILES string of the molecule is O=C(COC(=O)c1c2c(nc3ccccc13)CCCC2)NCCc1ccc2c(c1)OCCO2. The molecule has 0 atom stereocenters. The second-order valence-corrected chi connectivity index (χ2v) is 8.29. The number of nitrogens with one attached hydrogen (secondary N) is 1. The number of ether oxygens (including phenoxy) is 3. The Labute approximate surface area is 192 Å². The number of aryl methyl sites for hydroxylation is 1. The molecule has 7 heteroatoms. The van der Waals surface area contributed by atoms with Gasteiger partial charge in [0.2, 0.25) is 0 Å². The van der Waals surface area contributed by atoms with Crippen LogP contribution in [0.25, 0.3) is 10.9 Å². The van der Waals surface area contributed by atoms with Gasteiger partial charge in [-0.15, -0.1) is 0 Å². The molecule has 0 radical (unpaired) electrons. The molecule has 3 aromatic rings. The summed E-state index contributed by atoms with van der Waals surface area (Å²) in [5, 5.41) is 3.60. The monoisotopic (exact) mass is 446 g/mol. The molecule has 1 aliphatic heterocycles. The molecule has 0 saturated heterocycles. The van der Waals surface area contributed by atoms with Crippen molar-refractivity contribution in [3.63, 3.8) is 0 Å². The van der Waals surface area contributed by atoms with Crippen molar-refractivity contribution in [2.75, 3.05) is 26.4 Å². The number of para-hydroxylation sites is 1. The van der Waals surface area contributed by atoms with Crippen LogP contribution in [0.15, 0.2) is 42.5 Å². The second-order valence-electron chi connectivity index (χ2n) is 8.29. The Balaban J connectivity index is 1.19. The number of aromatic nitrogens is 1. The average molecular weight is 447 g/mol. The summed E-state index contributed by atoms with van der Waals surface area (Å²) in [5.41, 5.74) is 4.31. The Hall–Kier alpha value is -3.61. The number of carbonyl (C=O) groups excluding carboxylic acids is 2. The first-order chi connectivity index (χ1) is 16.2. The number of hydrogen-bond donors (Lipinski definition) is 1. The van der Waals surface area contributed by atoms with Gasteiger partial charge in [-0.25, -0.2) is 4.79 Å². The molecule has 1 aromatic heterocycles. The molecule has 1 N–H and O–H groups in total. The number of esters is 1. The summed E-state index contributed by atoms with van der Waals surface area (Å²) in [6.07, 6.45) is 4.39. The first-order valence-corrected chi connectivity index (χ1v) is 11.4. The number of carbonyl (C=O) groups is 2. The minimum atomic E-state index is -0.464. The lowest BCUT2D eigenvalue weighted by atomic mass is 9.90. The second kappa shape index (κ2) is 9.48. The number of benzene rings is 2. The van der Waals surface area contributed by atoms with Crippen molar-refractivity contribution >= 4 is 22.8 Å². The highest BCUT2D eigenvalue weighted by molar-refractivity contribution is 6.05. The fourth-order valence-corrected chi connectivity index (χ4v) is 4.45. The van der Waals surface area contributed by atoms with E-state index in [9.17, 15) is 9.59 Å². The van der Waals surface area contributed by atoms with Crippen molar-refractivity contribution in [2.45, 2.75) is 32.1 Å². The maximum absolute atomic E-state index is 13.0. The largest absolute Gasteiger partial charge is 0.486 e. The lowest BCUT2D eigenvalue weighted by molar-refractivity contribution is -0.124. The highest BCUT2D eigenvalue weighted by Crippen LogP contribution is 2.31. The van der Waals surface area contributed by atoms with Crippen LogP contribution in [0.5, 0.6) is 11.5 Å². The summed E-state index contributed by atoms with van der Waals surface area (Å²) in [6.45, 7) is 1.21. The molecule has 0 unspecified atom stereocenters. The molecule has 0 fully saturated rings. The molecule has 7 nitrogen and oxygen atoms in total. The van der Waals surface area contributed by atoms with Crippen LogP contribution in [0, 0.1) is 0 Å². The first kappa shape index (κ1) is 21.2. The molecule has 0 spiro atoms. The molecular formula is C26H26N2O5. The normalized spacial score (nSPS) is 14.4. The molecule has 2 heterocycles. The van der Waals surface area contributed by atoms with Gasteiger partial charge >= 0.3 is 5.97 Å². The van der Waals surface area contributed by atoms with Crippen LogP contribution in [0.3, 0.4) is 0 Å². The van der Waals surface area contributed by atoms with Crippen LogP contribution < -0.4 is 14.8 Å². The van der Waals surface area contributed by atoms with Crippen LogP contribution in [-0.4, -0.2) is 43.2 Å². The summed E-state index contributed by atoms with van der Waals surface area (Å²) < 4.78 is 16.5. The zero-order valence-corrected chi connectivity index (χ0v) is 18.4. The maximum Gasteiger partial charge on any atom is 0.339 e. The standard InChI is InChI=1S/C26H26N2O5/c29-24(27-12-11-17-9-10-22-23(15-17)32-14-13-31-22)16-33-26(30)25-18-5-1-3-7-20(18)28-21-8-4-2-6-19(21)25/h1,3,5,7,9-10,15H,2,4,6,8,11-14,16H2,(H,27,29). The Morgan fingerprint density at radius 3 is 2.73 bits per heavy atom. The molecule has 170 valence electrons. The molecule has 0 saturated carbocycles. The van der Waals surface area contributed by atoms with Gasteiger partial charge in [-0.05, 0) is 61.4 Å². The van der Waals surface area contributed by atoms with Crippen LogP contribution in [0.2, 0.25) is 0 Å². The minimum absolute atomic E-state index is 0.314. The quantitative estimate of drug-likeness (QED) is 0.584. The van der Waals surface area contributed by atoms with Crippen molar-refractivity contribution < 1.29 is 23.8 Å². The summed E-state index contributed by atoms with van der Waals surface area (Å²) in [6, 6.07) is 13.4. The predicted molar refractivity (Wildman–Crippen MR) is 123 cm³/mol. The van der Waals surface area contributed by atoms with Gasteiger partial charge in [0.25, 0.3) is 5.91 Å². The number of amides is 1. The molecule has 2 aromatic carbocycles. The van der Waals surface area contributed by atoms with Crippen LogP contribution in [0.1, 0.15) is 40.0 Å². The van der Waals surface area contributed by atoms with Gasteiger partial charge in [0.15, 0.2) is 18.1 Å². The van der Waals surface area contributed by atoms with Gasteiger partial charge in [-0.1, -0.05) is 24.3 Å². The van der Waals surface area contributed by atoms with Crippen molar-refractivity contribution in [3.05, 3.63) is 64.8 Å². The number of pyridine rings is 1. The van der Waals surface area contributed by atoms with E-state index in [1.807, 2.05) is 42.5 Å². The Morgan fingerprint density at radius 1 is 1.00 bits per heavy atom. The van der Waals surface area contributed by atoms with Gasteiger partial charge in [0, 0.05) is 17.6 Å². The Bertz CT molecular complexity index is 1210. The molecule has 0 bridgehead atoms. The zero-order chi connectivity index (χ0) is 22.6. The van der Waals surface area contributed by atoms with Gasteiger partial charge < -0.3 is 19.5 Å². The molecule has 33 heavy (non-hydrogen) atoms. The third kappa shape index (κ3) is 4.62. The summed E-state index contributed by atoms with van der Waals surface area (Å²) in [5.74, 6) is 0.681. The van der Waals surface area contributed by atoms with Crippen molar-refractivity contribution in [1.82, 2.24) is 10.3 Å². The first-order valence-electron chi connectivity index (χ1n) is 11.4. The van der Waals surface area contributed by atoms with E-state index in [-0.39, 0.29) is 12.5 Å². The molecule has 1 aliphatic carbocycles. The van der Waals surface area contributed by atoms with Gasteiger partial charge in [-0.2, -0.15) is 0 Å². The molecule has 2 aliphatic rings. The smallest absolute Gasteiger partial charge is 0.339 e. The number of nitrogens with zero attached hydrogens (tertiary/aromatic N) is 1. The van der Waals surface area contributed by atoms with E-state index < -0.39 is 5.97 Å². The highest BCUT2D eigenvalue weighted by Gasteiger charge is 2.24. The molecule has 5 rings (SSSR count). The molecule has 1 amide bonds. The third-order valence-electron chi connectivity index (χ3n) is 6.05. The van der Waals surface area contributed by atoms with E-state index in [2.05, 4.69) is 5.32 Å².